The van der Waals surface area contributed by atoms with E-state index in [9.17, 15) is 4.79 Å². The maximum absolute atomic E-state index is 12.1. The van der Waals surface area contributed by atoms with Gasteiger partial charge in [-0.15, -0.1) is 0 Å². The number of carbonyl (C=O) groups excluding carboxylic acids is 1. The SMILES string of the molecule is CCCCCN(C(=O)CCC)c1ccccc1. The van der Waals surface area contributed by atoms with Crippen LogP contribution in [0.25, 0.3) is 0 Å². The van der Waals surface area contributed by atoms with Gasteiger partial charge in [0.25, 0.3) is 0 Å². The number of hydrogen-bond acceptors (Lipinski definition) is 1. The molecular weight excluding hydrogens is 210 g/mol. The molecule has 0 bridgehead atoms. The van der Waals surface area contributed by atoms with Crippen LogP contribution in [0.5, 0.6) is 0 Å². The maximum atomic E-state index is 12.1. The van der Waals surface area contributed by atoms with Crippen molar-refractivity contribution in [3.8, 4) is 0 Å². The zero-order chi connectivity index (χ0) is 12.5. The summed E-state index contributed by atoms with van der Waals surface area (Å²) in [5.74, 6) is 0.245. The predicted octanol–water partition coefficient (Wildman–Crippen LogP) is 4.01. The van der Waals surface area contributed by atoms with E-state index >= 15 is 0 Å². The number of benzene rings is 1. The summed E-state index contributed by atoms with van der Waals surface area (Å²) in [6.07, 6.45) is 5.01. The lowest BCUT2D eigenvalue weighted by Crippen LogP contribution is -2.31. The third-order valence-corrected chi connectivity index (χ3v) is 2.82. The summed E-state index contributed by atoms with van der Waals surface area (Å²) in [6.45, 7) is 5.07. The van der Waals surface area contributed by atoms with Gasteiger partial charge in [-0.25, -0.2) is 0 Å². The minimum atomic E-state index is 0.245. The molecule has 1 amide bonds. The molecule has 0 aromatic heterocycles. The fraction of sp³-hybridized carbons (Fsp3) is 0.533. The highest BCUT2D eigenvalue weighted by Crippen LogP contribution is 2.16. The number of rotatable bonds is 7. The number of carbonyl (C=O) groups is 1. The van der Waals surface area contributed by atoms with Gasteiger partial charge >= 0.3 is 0 Å². The van der Waals surface area contributed by atoms with Crippen LogP contribution >= 0.6 is 0 Å². The van der Waals surface area contributed by atoms with Gasteiger partial charge in [-0.05, 0) is 25.0 Å². The Morgan fingerprint density at radius 3 is 2.35 bits per heavy atom. The van der Waals surface area contributed by atoms with Crippen molar-refractivity contribution in [2.24, 2.45) is 0 Å². The molecule has 0 spiro atoms. The van der Waals surface area contributed by atoms with Crippen molar-refractivity contribution in [1.82, 2.24) is 0 Å². The van der Waals surface area contributed by atoms with E-state index in [1.165, 1.54) is 12.8 Å². The fourth-order valence-electron chi connectivity index (χ4n) is 1.87. The highest BCUT2D eigenvalue weighted by Gasteiger charge is 2.13. The minimum absolute atomic E-state index is 0.245. The van der Waals surface area contributed by atoms with Crippen LogP contribution < -0.4 is 4.90 Å². The molecule has 1 aromatic carbocycles. The van der Waals surface area contributed by atoms with E-state index in [1.807, 2.05) is 42.2 Å². The molecule has 0 radical (unpaired) electrons. The zero-order valence-corrected chi connectivity index (χ0v) is 11.0. The summed E-state index contributed by atoms with van der Waals surface area (Å²) in [6, 6.07) is 9.99. The Labute approximate surface area is 105 Å². The van der Waals surface area contributed by atoms with Crippen molar-refractivity contribution < 1.29 is 4.79 Å². The van der Waals surface area contributed by atoms with Crippen molar-refractivity contribution in [3.05, 3.63) is 30.3 Å². The molecule has 0 saturated carbocycles. The summed E-state index contributed by atoms with van der Waals surface area (Å²) in [4.78, 5) is 14.0. The van der Waals surface area contributed by atoms with Gasteiger partial charge in [-0.3, -0.25) is 4.79 Å². The average Bonchev–Trinajstić information content (AvgIpc) is 2.36. The van der Waals surface area contributed by atoms with Crippen LogP contribution in [-0.4, -0.2) is 12.5 Å². The van der Waals surface area contributed by atoms with Crippen LogP contribution in [0.15, 0.2) is 30.3 Å². The number of anilines is 1. The van der Waals surface area contributed by atoms with Gasteiger partial charge in [0.15, 0.2) is 0 Å². The van der Waals surface area contributed by atoms with Crippen LogP contribution in [0.4, 0.5) is 5.69 Å². The summed E-state index contributed by atoms with van der Waals surface area (Å²) < 4.78 is 0. The number of hydrogen-bond donors (Lipinski definition) is 0. The largest absolute Gasteiger partial charge is 0.312 e. The molecule has 0 heterocycles. The third-order valence-electron chi connectivity index (χ3n) is 2.82. The molecule has 94 valence electrons. The smallest absolute Gasteiger partial charge is 0.226 e. The van der Waals surface area contributed by atoms with Gasteiger partial charge in [-0.2, -0.15) is 0 Å². The molecule has 0 unspecified atom stereocenters. The van der Waals surface area contributed by atoms with Crippen LogP contribution in [0, 0.1) is 0 Å². The molecule has 0 aliphatic rings. The number of nitrogens with zero attached hydrogens (tertiary/aromatic N) is 1. The Morgan fingerprint density at radius 2 is 1.76 bits per heavy atom. The molecule has 17 heavy (non-hydrogen) atoms. The third kappa shape index (κ3) is 4.59. The molecule has 2 heteroatoms. The van der Waals surface area contributed by atoms with Crippen LogP contribution in [0.2, 0.25) is 0 Å². The topological polar surface area (TPSA) is 20.3 Å². The quantitative estimate of drug-likeness (QED) is 0.652. The van der Waals surface area contributed by atoms with Crippen molar-refractivity contribution in [1.29, 1.82) is 0 Å². The van der Waals surface area contributed by atoms with E-state index in [2.05, 4.69) is 6.92 Å². The lowest BCUT2D eigenvalue weighted by Gasteiger charge is -2.22. The second-order valence-corrected chi connectivity index (χ2v) is 4.34. The average molecular weight is 233 g/mol. The molecule has 0 saturated heterocycles. The van der Waals surface area contributed by atoms with Gasteiger partial charge in [0.2, 0.25) is 5.91 Å². The molecule has 1 rings (SSSR count). The molecule has 0 N–H and O–H groups in total. The summed E-state index contributed by atoms with van der Waals surface area (Å²) in [5, 5.41) is 0. The Kier molecular flexibility index (Phi) is 6.38. The maximum Gasteiger partial charge on any atom is 0.226 e. The number of para-hydroxylation sites is 1. The number of unbranched alkanes of at least 4 members (excludes halogenated alkanes) is 2. The van der Waals surface area contributed by atoms with Crippen molar-refractivity contribution in [2.45, 2.75) is 46.0 Å². The monoisotopic (exact) mass is 233 g/mol. The molecule has 2 nitrogen and oxygen atoms in total. The van der Waals surface area contributed by atoms with Crippen LogP contribution in [0.1, 0.15) is 46.0 Å². The first kappa shape index (κ1) is 13.8. The van der Waals surface area contributed by atoms with Crippen molar-refractivity contribution in [2.75, 3.05) is 11.4 Å². The fourth-order valence-corrected chi connectivity index (χ4v) is 1.87. The van der Waals surface area contributed by atoms with Gasteiger partial charge in [0.1, 0.15) is 0 Å². The first-order chi connectivity index (χ1) is 8.29. The second kappa shape index (κ2) is 7.88. The zero-order valence-electron chi connectivity index (χ0n) is 11.0. The molecule has 1 aromatic rings. The summed E-state index contributed by atoms with van der Waals surface area (Å²) >= 11 is 0. The van der Waals surface area contributed by atoms with Crippen molar-refractivity contribution in [3.63, 3.8) is 0 Å². The predicted molar refractivity (Wildman–Crippen MR) is 73.2 cm³/mol. The second-order valence-electron chi connectivity index (χ2n) is 4.34. The molecule has 0 aliphatic carbocycles. The number of amides is 1. The molecule has 0 aliphatic heterocycles. The van der Waals surface area contributed by atoms with Gasteiger partial charge < -0.3 is 4.90 Å². The van der Waals surface area contributed by atoms with E-state index in [4.69, 9.17) is 0 Å². The van der Waals surface area contributed by atoms with Gasteiger partial charge in [-0.1, -0.05) is 44.9 Å². The van der Waals surface area contributed by atoms with E-state index in [-0.39, 0.29) is 5.91 Å². The normalized spacial score (nSPS) is 10.2. The molecular formula is C15H23NO. The van der Waals surface area contributed by atoms with E-state index in [1.54, 1.807) is 0 Å². The van der Waals surface area contributed by atoms with Crippen LogP contribution in [0.3, 0.4) is 0 Å². The summed E-state index contributed by atoms with van der Waals surface area (Å²) in [7, 11) is 0. The van der Waals surface area contributed by atoms with E-state index < -0.39 is 0 Å². The van der Waals surface area contributed by atoms with E-state index in [0.717, 1.165) is 25.1 Å². The first-order valence-electron chi connectivity index (χ1n) is 6.65. The minimum Gasteiger partial charge on any atom is -0.312 e. The highest BCUT2D eigenvalue weighted by atomic mass is 16.2. The van der Waals surface area contributed by atoms with E-state index in [0.29, 0.717) is 6.42 Å². The lowest BCUT2D eigenvalue weighted by molar-refractivity contribution is -0.118. The lowest BCUT2D eigenvalue weighted by atomic mass is 10.2. The van der Waals surface area contributed by atoms with Crippen molar-refractivity contribution >= 4 is 11.6 Å². The Balaban J connectivity index is 2.68. The molecule has 0 fully saturated rings. The Hall–Kier alpha value is -1.31. The highest BCUT2D eigenvalue weighted by molar-refractivity contribution is 5.93. The first-order valence-corrected chi connectivity index (χ1v) is 6.65. The molecule has 0 atom stereocenters. The van der Waals surface area contributed by atoms with Gasteiger partial charge in [0.05, 0.1) is 0 Å². The summed E-state index contributed by atoms with van der Waals surface area (Å²) in [5.41, 5.74) is 1.03. The van der Waals surface area contributed by atoms with Gasteiger partial charge in [0, 0.05) is 18.7 Å². The Bertz CT molecular complexity index is 321. The Morgan fingerprint density at radius 1 is 1.06 bits per heavy atom. The standard InChI is InChI=1S/C15H23NO/c1-3-5-9-13-16(15(17)10-4-2)14-11-7-6-8-12-14/h6-8,11-12H,3-5,9-10,13H2,1-2H3. The van der Waals surface area contributed by atoms with Crippen LogP contribution in [-0.2, 0) is 4.79 Å².